The number of nitrogens with one attached hydrogen (secondary N) is 2. The maximum absolute atomic E-state index is 12.1. The van der Waals surface area contributed by atoms with Crippen LogP contribution in [0.15, 0.2) is 24.3 Å². The molecule has 0 aliphatic rings. The first-order chi connectivity index (χ1) is 10.2. The summed E-state index contributed by atoms with van der Waals surface area (Å²) in [6.07, 6.45) is 1.72. The largest absolute Gasteiger partial charge is 0.496 e. The van der Waals surface area contributed by atoms with E-state index in [-0.39, 0.29) is 11.6 Å². The van der Waals surface area contributed by atoms with E-state index in [1.807, 2.05) is 31.2 Å². The fraction of sp³-hybridized carbons (Fsp3) is 0.333. The van der Waals surface area contributed by atoms with Crippen molar-refractivity contribution in [2.75, 3.05) is 12.8 Å². The minimum Gasteiger partial charge on any atom is -0.496 e. The molecular formula is C15H20N4O2. The first-order valence-corrected chi connectivity index (χ1v) is 6.90. The lowest BCUT2D eigenvalue weighted by atomic mass is 10.2. The highest BCUT2D eigenvalue weighted by atomic mass is 16.5. The molecule has 6 heteroatoms. The minimum absolute atomic E-state index is 0.244. The lowest BCUT2D eigenvalue weighted by molar-refractivity contribution is 0.0946. The fourth-order valence-electron chi connectivity index (χ4n) is 2.11. The normalized spacial score (nSPS) is 10.4. The average molecular weight is 288 g/mol. The summed E-state index contributed by atoms with van der Waals surface area (Å²) in [5, 5.41) is 9.62. The number of methoxy groups -OCH3 is 1. The Labute approximate surface area is 123 Å². The Kier molecular flexibility index (Phi) is 4.81. The fourth-order valence-corrected chi connectivity index (χ4v) is 2.11. The monoisotopic (exact) mass is 288 g/mol. The summed E-state index contributed by atoms with van der Waals surface area (Å²) in [7, 11) is 1.60. The molecule has 0 aliphatic carbocycles. The maximum Gasteiger partial charge on any atom is 0.274 e. The standard InChI is InChI=1S/C15H20N4O2/c1-3-6-11-13(16)14(19-18-11)15(20)17-9-10-7-4-5-8-12(10)21-2/h4-5,7-8H,3,6,9,16H2,1-2H3,(H,17,20)(H,18,19). The number of aryl methyl sites for hydroxylation is 1. The number of rotatable bonds is 6. The zero-order chi connectivity index (χ0) is 15.2. The predicted octanol–water partition coefficient (Wildman–Crippen LogP) is 1.88. The van der Waals surface area contributed by atoms with Gasteiger partial charge in [0.1, 0.15) is 5.75 Å². The summed E-state index contributed by atoms with van der Waals surface area (Å²) in [5.74, 6) is 0.441. The molecule has 0 atom stereocenters. The van der Waals surface area contributed by atoms with E-state index in [0.29, 0.717) is 12.2 Å². The molecule has 2 rings (SSSR count). The summed E-state index contributed by atoms with van der Waals surface area (Å²) in [5.41, 5.74) is 8.31. The van der Waals surface area contributed by atoms with Crippen LogP contribution in [0.3, 0.4) is 0 Å². The third-order valence-corrected chi connectivity index (χ3v) is 3.23. The average Bonchev–Trinajstić information content (AvgIpc) is 2.87. The third-order valence-electron chi connectivity index (χ3n) is 3.23. The number of aromatic amines is 1. The predicted molar refractivity (Wildman–Crippen MR) is 81.2 cm³/mol. The summed E-state index contributed by atoms with van der Waals surface area (Å²) >= 11 is 0. The van der Waals surface area contributed by atoms with E-state index in [1.165, 1.54) is 0 Å². The van der Waals surface area contributed by atoms with Crippen molar-refractivity contribution in [3.05, 3.63) is 41.2 Å². The second-order valence-corrected chi connectivity index (χ2v) is 4.71. The van der Waals surface area contributed by atoms with Gasteiger partial charge in [0.25, 0.3) is 5.91 Å². The zero-order valence-electron chi connectivity index (χ0n) is 12.3. The van der Waals surface area contributed by atoms with Crippen LogP contribution >= 0.6 is 0 Å². The Morgan fingerprint density at radius 2 is 2.19 bits per heavy atom. The van der Waals surface area contributed by atoms with Gasteiger partial charge in [-0.25, -0.2) is 0 Å². The molecule has 2 aromatic rings. The number of amides is 1. The van der Waals surface area contributed by atoms with E-state index in [9.17, 15) is 4.79 Å². The first-order valence-electron chi connectivity index (χ1n) is 6.90. The van der Waals surface area contributed by atoms with Gasteiger partial charge >= 0.3 is 0 Å². The van der Waals surface area contributed by atoms with E-state index >= 15 is 0 Å². The van der Waals surface area contributed by atoms with Gasteiger partial charge in [-0.3, -0.25) is 9.89 Å². The maximum atomic E-state index is 12.1. The van der Waals surface area contributed by atoms with Crippen LogP contribution in [0.1, 0.15) is 35.1 Å². The van der Waals surface area contributed by atoms with E-state index < -0.39 is 0 Å². The third kappa shape index (κ3) is 3.34. The highest BCUT2D eigenvalue weighted by molar-refractivity contribution is 5.97. The number of benzene rings is 1. The summed E-state index contributed by atoms with van der Waals surface area (Å²) < 4.78 is 5.25. The van der Waals surface area contributed by atoms with Gasteiger partial charge in [-0.1, -0.05) is 31.5 Å². The van der Waals surface area contributed by atoms with Crippen LogP contribution in [0.4, 0.5) is 5.69 Å². The molecule has 0 saturated heterocycles. The molecule has 6 nitrogen and oxygen atoms in total. The van der Waals surface area contributed by atoms with Crippen LogP contribution in [-0.4, -0.2) is 23.2 Å². The number of nitrogen functional groups attached to an aromatic ring is 1. The van der Waals surface area contributed by atoms with E-state index in [0.717, 1.165) is 29.8 Å². The van der Waals surface area contributed by atoms with Gasteiger partial charge in [-0.2, -0.15) is 5.10 Å². The Hall–Kier alpha value is -2.50. The SMILES string of the molecule is CCCc1[nH]nc(C(=O)NCc2ccccc2OC)c1N. The molecule has 1 aromatic heterocycles. The molecule has 0 fully saturated rings. The van der Waals surface area contributed by atoms with Crippen molar-refractivity contribution in [1.82, 2.24) is 15.5 Å². The van der Waals surface area contributed by atoms with Crippen LogP contribution in [0.2, 0.25) is 0 Å². The summed E-state index contributed by atoms with van der Waals surface area (Å²) in [6, 6.07) is 7.53. The van der Waals surface area contributed by atoms with Crippen molar-refractivity contribution in [1.29, 1.82) is 0 Å². The zero-order valence-corrected chi connectivity index (χ0v) is 12.3. The molecule has 21 heavy (non-hydrogen) atoms. The molecule has 0 saturated carbocycles. The summed E-state index contributed by atoms with van der Waals surface area (Å²) in [4.78, 5) is 12.1. The number of nitrogens with two attached hydrogens (primary N) is 1. The number of ether oxygens (including phenoxy) is 1. The Balaban J connectivity index is 2.05. The number of para-hydroxylation sites is 1. The van der Waals surface area contributed by atoms with Crippen molar-refractivity contribution >= 4 is 11.6 Å². The minimum atomic E-state index is -0.294. The van der Waals surface area contributed by atoms with Crippen molar-refractivity contribution < 1.29 is 9.53 Å². The van der Waals surface area contributed by atoms with Gasteiger partial charge in [0, 0.05) is 12.1 Å². The lowest BCUT2D eigenvalue weighted by Crippen LogP contribution is -2.24. The number of hydrogen-bond acceptors (Lipinski definition) is 4. The van der Waals surface area contributed by atoms with Gasteiger partial charge in [0.05, 0.1) is 18.5 Å². The van der Waals surface area contributed by atoms with Crippen LogP contribution in [0.25, 0.3) is 0 Å². The van der Waals surface area contributed by atoms with Crippen LogP contribution in [-0.2, 0) is 13.0 Å². The van der Waals surface area contributed by atoms with Crippen molar-refractivity contribution in [2.45, 2.75) is 26.3 Å². The Morgan fingerprint density at radius 3 is 2.90 bits per heavy atom. The van der Waals surface area contributed by atoms with E-state index in [4.69, 9.17) is 10.5 Å². The molecule has 0 bridgehead atoms. The topological polar surface area (TPSA) is 93.0 Å². The number of hydrogen-bond donors (Lipinski definition) is 3. The van der Waals surface area contributed by atoms with Gasteiger partial charge in [0.2, 0.25) is 0 Å². The number of H-pyrrole nitrogens is 1. The molecule has 1 heterocycles. The number of nitrogens with zero attached hydrogens (tertiary/aromatic N) is 1. The van der Waals surface area contributed by atoms with Gasteiger partial charge in [0.15, 0.2) is 5.69 Å². The quantitative estimate of drug-likeness (QED) is 0.756. The molecule has 1 amide bonds. The number of carbonyl (C=O) groups excluding carboxylic acids is 1. The van der Waals surface area contributed by atoms with Gasteiger partial charge < -0.3 is 15.8 Å². The van der Waals surface area contributed by atoms with Crippen LogP contribution in [0.5, 0.6) is 5.75 Å². The van der Waals surface area contributed by atoms with Gasteiger partial charge in [-0.05, 0) is 12.5 Å². The van der Waals surface area contributed by atoms with Crippen LogP contribution in [0, 0.1) is 0 Å². The molecule has 112 valence electrons. The summed E-state index contributed by atoms with van der Waals surface area (Å²) in [6.45, 7) is 2.40. The molecular weight excluding hydrogens is 268 g/mol. The van der Waals surface area contributed by atoms with Crippen molar-refractivity contribution in [3.63, 3.8) is 0 Å². The molecule has 4 N–H and O–H groups in total. The van der Waals surface area contributed by atoms with Gasteiger partial charge in [-0.15, -0.1) is 0 Å². The molecule has 0 aliphatic heterocycles. The van der Waals surface area contributed by atoms with E-state index in [2.05, 4.69) is 15.5 Å². The molecule has 0 unspecified atom stereocenters. The first kappa shape index (κ1) is 14.9. The molecule has 1 aromatic carbocycles. The second kappa shape index (κ2) is 6.78. The highest BCUT2D eigenvalue weighted by Gasteiger charge is 2.16. The van der Waals surface area contributed by atoms with Crippen LogP contribution < -0.4 is 15.8 Å². The Bertz CT molecular complexity index is 622. The van der Waals surface area contributed by atoms with Crippen molar-refractivity contribution in [3.8, 4) is 5.75 Å². The Morgan fingerprint density at radius 1 is 1.43 bits per heavy atom. The molecule has 0 spiro atoms. The lowest BCUT2D eigenvalue weighted by Gasteiger charge is -2.08. The second-order valence-electron chi connectivity index (χ2n) is 4.71. The van der Waals surface area contributed by atoms with Crippen molar-refractivity contribution in [2.24, 2.45) is 0 Å². The van der Waals surface area contributed by atoms with E-state index in [1.54, 1.807) is 7.11 Å². The number of anilines is 1. The molecule has 0 radical (unpaired) electrons. The number of aromatic nitrogens is 2. The smallest absolute Gasteiger partial charge is 0.274 e. The highest BCUT2D eigenvalue weighted by Crippen LogP contribution is 2.18. The number of carbonyl (C=O) groups is 1.